The fourth-order valence-electron chi connectivity index (χ4n) is 3.54. The van der Waals surface area contributed by atoms with E-state index in [-0.39, 0.29) is 5.54 Å². The van der Waals surface area contributed by atoms with Gasteiger partial charge < -0.3 is 9.64 Å². The lowest BCUT2D eigenvalue weighted by atomic mass is 9.80. The molecule has 0 atom stereocenters. The molecule has 0 bridgehead atoms. The molecule has 1 fully saturated rings. The smallest absolute Gasteiger partial charge is 0.167 e. The number of thioether (sulfide) groups is 1. The van der Waals surface area contributed by atoms with E-state index in [9.17, 15) is 5.26 Å². The van der Waals surface area contributed by atoms with Gasteiger partial charge in [0, 0.05) is 0 Å². The van der Waals surface area contributed by atoms with Crippen LogP contribution < -0.4 is 4.74 Å². The monoisotopic (exact) mass is 342 g/mol. The standard InChI is InChI=1S/C18H22N4OS/c1-23-15-8-6-14(7-9-15)20-16-18(10-4-3-5-11-18)22(13-12-19)17(21-16)24-2/h6-9H,3-5,10-11,13H2,1-2H3. The van der Waals surface area contributed by atoms with E-state index in [0.717, 1.165) is 48.1 Å². The number of hydrogen-bond acceptors (Lipinski definition) is 5. The van der Waals surface area contributed by atoms with Crippen LogP contribution >= 0.6 is 11.8 Å². The summed E-state index contributed by atoms with van der Waals surface area (Å²) in [6.07, 6.45) is 7.58. The van der Waals surface area contributed by atoms with E-state index in [0.29, 0.717) is 6.54 Å². The summed E-state index contributed by atoms with van der Waals surface area (Å²) in [4.78, 5) is 11.8. The van der Waals surface area contributed by atoms with Gasteiger partial charge in [-0.1, -0.05) is 31.0 Å². The molecule has 6 heteroatoms. The minimum atomic E-state index is -0.216. The van der Waals surface area contributed by atoms with E-state index in [1.807, 2.05) is 30.5 Å². The molecule has 1 saturated carbocycles. The van der Waals surface area contributed by atoms with Crippen molar-refractivity contribution in [2.45, 2.75) is 37.6 Å². The fourth-order valence-corrected chi connectivity index (χ4v) is 4.18. The average molecular weight is 342 g/mol. The van der Waals surface area contributed by atoms with Crippen LogP contribution in [0.25, 0.3) is 0 Å². The molecular formula is C18H22N4OS. The Morgan fingerprint density at radius 1 is 1.29 bits per heavy atom. The third kappa shape index (κ3) is 3.01. The molecule has 24 heavy (non-hydrogen) atoms. The molecule has 1 aromatic carbocycles. The number of methoxy groups -OCH3 is 1. The Hall–Kier alpha value is -2.00. The number of aliphatic imine (C=N–C) groups is 2. The van der Waals surface area contributed by atoms with Crippen LogP contribution in [0.15, 0.2) is 34.3 Å². The van der Waals surface area contributed by atoms with Crippen molar-refractivity contribution in [3.05, 3.63) is 24.3 Å². The molecule has 0 aromatic heterocycles. The summed E-state index contributed by atoms with van der Waals surface area (Å²) in [5, 5.41) is 10.2. The largest absolute Gasteiger partial charge is 0.497 e. The Morgan fingerprint density at radius 3 is 2.58 bits per heavy atom. The van der Waals surface area contributed by atoms with Crippen molar-refractivity contribution in [1.82, 2.24) is 4.90 Å². The molecule has 1 heterocycles. The van der Waals surface area contributed by atoms with Gasteiger partial charge in [-0.3, -0.25) is 0 Å². The first-order valence-corrected chi connectivity index (χ1v) is 9.46. The average Bonchev–Trinajstić information content (AvgIpc) is 2.90. The number of nitriles is 1. The normalized spacial score (nSPS) is 21.0. The lowest BCUT2D eigenvalue weighted by Gasteiger charge is -2.41. The molecule has 0 radical (unpaired) electrons. The highest BCUT2D eigenvalue weighted by atomic mass is 32.2. The summed E-state index contributed by atoms with van der Waals surface area (Å²) < 4.78 is 5.21. The number of amidine groups is 2. The minimum Gasteiger partial charge on any atom is -0.497 e. The first-order chi connectivity index (χ1) is 11.7. The highest BCUT2D eigenvalue weighted by molar-refractivity contribution is 8.13. The molecular weight excluding hydrogens is 320 g/mol. The summed E-state index contributed by atoms with van der Waals surface area (Å²) in [6, 6.07) is 10.0. The molecule has 0 amide bonds. The Kier molecular flexibility index (Phi) is 5.10. The van der Waals surface area contributed by atoms with Gasteiger partial charge in [-0.05, 0) is 43.4 Å². The Labute approximate surface area is 147 Å². The maximum absolute atomic E-state index is 9.28. The van der Waals surface area contributed by atoms with E-state index < -0.39 is 0 Å². The van der Waals surface area contributed by atoms with Gasteiger partial charge in [0.1, 0.15) is 17.8 Å². The van der Waals surface area contributed by atoms with Gasteiger partial charge in [-0.15, -0.1) is 0 Å². The van der Waals surface area contributed by atoms with E-state index in [4.69, 9.17) is 14.7 Å². The van der Waals surface area contributed by atoms with Gasteiger partial charge in [0.2, 0.25) is 0 Å². The minimum absolute atomic E-state index is 0.216. The number of hydrogen-bond donors (Lipinski definition) is 0. The van der Waals surface area contributed by atoms with Crippen LogP contribution in [-0.2, 0) is 0 Å². The highest BCUT2D eigenvalue weighted by Crippen LogP contribution is 2.41. The molecule has 126 valence electrons. The van der Waals surface area contributed by atoms with Gasteiger partial charge in [-0.2, -0.15) is 5.26 Å². The Balaban J connectivity index is 2.00. The molecule has 0 N–H and O–H groups in total. The second-order valence-corrected chi connectivity index (χ2v) is 6.84. The molecule has 1 aromatic rings. The van der Waals surface area contributed by atoms with Gasteiger partial charge in [-0.25, -0.2) is 9.98 Å². The zero-order valence-corrected chi connectivity index (χ0v) is 15.0. The fraction of sp³-hybridized carbons (Fsp3) is 0.500. The lowest BCUT2D eigenvalue weighted by Crippen LogP contribution is -2.52. The van der Waals surface area contributed by atoms with Gasteiger partial charge >= 0.3 is 0 Å². The molecule has 0 unspecified atom stereocenters. The Morgan fingerprint density at radius 2 is 2.00 bits per heavy atom. The summed E-state index contributed by atoms with van der Waals surface area (Å²) in [7, 11) is 1.66. The maximum Gasteiger partial charge on any atom is 0.167 e. The molecule has 1 spiro atoms. The third-order valence-electron chi connectivity index (χ3n) is 4.76. The van der Waals surface area contributed by atoms with Crippen molar-refractivity contribution in [2.75, 3.05) is 19.9 Å². The van der Waals surface area contributed by atoms with Crippen molar-refractivity contribution < 1.29 is 4.74 Å². The van der Waals surface area contributed by atoms with Crippen molar-refractivity contribution in [3.63, 3.8) is 0 Å². The third-order valence-corrected chi connectivity index (χ3v) is 5.44. The van der Waals surface area contributed by atoms with Gasteiger partial charge in [0.05, 0.1) is 18.9 Å². The first kappa shape index (κ1) is 16.8. The van der Waals surface area contributed by atoms with Crippen molar-refractivity contribution in [1.29, 1.82) is 5.26 Å². The van der Waals surface area contributed by atoms with Crippen LogP contribution in [0.4, 0.5) is 5.69 Å². The molecule has 1 aliphatic heterocycles. The van der Waals surface area contributed by atoms with E-state index in [1.165, 1.54) is 6.42 Å². The van der Waals surface area contributed by atoms with Crippen LogP contribution in [-0.4, -0.2) is 41.4 Å². The zero-order chi connectivity index (χ0) is 17.0. The van der Waals surface area contributed by atoms with Crippen LogP contribution in [0.2, 0.25) is 0 Å². The molecule has 3 rings (SSSR count). The predicted octanol–water partition coefficient (Wildman–Crippen LogP) is 3.99. The predicted molar refractivity (Wildman–Crippen MR) is 99.2 cm³/mol. The highest BCUT2D eigenvalue weighted by Gasteiger charge is 2.48. The van der Waals surface area contributed by atoms with E-state index >= 15 is 0 Å². The summed E-state index contributed by atoms with van der Waals surface area (Å²) in [5.74, 6) is 1.67. The number of ether oxygens (including phenoxy) is 1. The van der Waals surface area contributed by atoms with Crippen molar-refractivity contribution in [3.8, 4) is 11.8 Å². The topological polar surface area (TPSA) is 61.0 Å². The second kappa shape index (κ2) is 7.27. The Bertz CT molecular complexity index is 684. The van der Waals surface area contributed by atoms with Crippen LogP contribution in [0.1, 0.15) is 32.1 Å². The lowest BCUT2D eigenvalue weighted by molar-refractivity contribution is 0.214. The van der Waals surface area contributed by atoms with E-state index in [1.54, 1.807) is 18.9 Å². The van der Waals surface area contributed by atoms with Crippen molar-refractivity contribution in [2.24, 2.45) is 9.98 Å². The SMILES string of the molecule is COc1ccc(N=C2N=C(SC)N(CC#N)C23CCCCC3)cc1. The zero-order valence-electron chi connectivity index (χ0n) is 14.2. The first-order valence-electron chi connectivity index (χ1n) is 8.24. The van der Waals surface area contributed by atoms with Crippen LogP contribution in [0, 0.1) is 11.3 Å². The van der Waals surface area contributed by atoms with Crippen LogP contribution in [0.3, 0.4) is 0 Å². The van der Waals surface area contributed by atoms with Gasteiger partial charge in [0.15, 0.2) is 11.0 Å². The second-order valence-electron chi connectivity index (χ2n) is 6.07. The van der Waals surface area contributed by atoms with Crippen molar-refractivity contribution >= 4 is 28.5 Å². The summed E-state index contributed by atoms with van der Waals surface area (Å²) in [5.41, 5.74) is 0.658. The van der Waals surface area contributed by atoms with E-state index in [2.05, 4.69) is 11.0 Å². The molecule has 5 nitrogen and oxygen atoms in total. The molecule has 0 saturated heterocycles. The maximum atomic E-state index is 9.28. The quantitative estimate of drug-likeness (QED) is 0.779. The summed E-state index contributed by atoms with van der Waals surface area (Å²) in [6.45, 7) is 0.362. The summed E-state index contributed by atoms with van der Waals surface area (Å²) >= 11 is 1.59. The number of benzene rings is 1. The van der Waals surface area contributed by atoms with Gasteiger partial charge in [0.25, 0.3) is 0 Å². The number of nitrogens with zero attached hydrogens (tertiary/aromatic N) is 4. The molecule has 1 aliphatic carbocycles. The molecule has 2 aliphatic rings. The number of rotatable bonds is 3. The van der Waals surface area contributed by atoms with Crippen LogP contribution in [0.5, 0.6) is 5.75 Å².